The molecule has 1 aromatic heterocycles. The molecule has 1 aliphatic rings. The molecule has 124 valence electrons. The van der Waals surface area contributed by atoms with Crippen molar-refractivity contribution in [3.8, 4) is 0 Å². The maximum atomic E-state index is 4.66. The lowest BCUT2D eigenvalue weighted by Gasteiger charge is -2.23. The van der Waals surface area contributed by atoms with E-state index in [0.717, 1.165) is 34.8 Å². The normalized spacial score (nSPS) is 13.4. The van der Waals surface area contributed by atoms with E-state index in [1.165, 1.54) is 11.1 Å². The van der Waals surface area contributed by atoms with Gasteiger partial charge in [-0.1, -0.05) is 64.5 Å². The number of imidazole rings is 1. The monoisotopic (exact) mass is 391 g/mol. The highest BCUT2D eigenvalue weighted by atomic mass is 79.9. The summed E-state index contributed by atoms with van der Waals surface area (Å²) in [7, 11) is 0. The van der Waals surface area contributed by atoms with Gasteiger partial charge < -0.3 is 9.88 Å². The van der Waals surface area contributed by atoms with Crippen LogP contribution >= 0.6 is 15.9 Å². The highest BCUT2D eigenvalue weighted by Gasteiger charge is 2.14. The third-order valence-corrected chi connectivity index (χ3v) is 4.69. The molecule has 3 aromatic rings. The number of fused-ring (bicyclic) bond motifs is 1. The van der Waals surface area contributed by atoms with Crippen molar-refractivity contribution >= 4 is 34.2 Å². The fourth-order valence-corrected chi connectivity index (χ4v) is 3.15. The van der Waals surface area contributed by atoms with Gasteiger partial charge in [0.1, 0.15) is 5.82 Å². The van der Waals surface area contributed by atoms with Crippen LogP contribution in [0.4, 0.5) is 0 Å². The second-order valence-electron chi connectivity index (χ2n) is 6.08. The summed E-state index contributed by atoms with van der Waals surface area (Å²) in [6, 6.07) is 18.7. The molecule has 0 radical (unpaired) electrons. The number of benzene rings is 2. The van der Waals surface area contributed by atoms with Crippen LogP contribution in [0, 0.1) is 0 Å². The zero-order valence-corrected chi connectivity index (χ0v) is 15.3. The average Bonchev–Trinajstić information content (AvgIpc) is 3.05. The molecule has 3 nitrogen and oxygen atoms in total. The lowest BCUT2D eigenvalue weighted by Crippen LogP contribution is -2.19. The molecule has 2 heterocycles. The van der Waals surface area contributed by atoms with E-state index in [9.17, 15) is 0 Å². The van der Waals surface area contributed by atoms with E-state index in [2.05, 4.69) is 85.5 Å². The molecular weight excluding hydrogens is 374 g/mol. The first-order valence-electron chi connectivity index (χ1n) is 8.25. The minimum absolute atomic E-state index is 0.841. The van der Waals surface area contributed by atoms with Crippen LogP contribution in [0.15, 0.2) is 65.3 Å². The fourth-order valence-electron chi connectivity index (χ4n) is 2.89. The van der Waals surface area contributed by atoms with E-state index in [4.69, 9.17) is 0 Å². The second kappa shape index (κ2) is 7.11. The number of nitrogens with zero attached hydrogens (tertiary/aromatic N) is 2. The molecule has 4 heteroatoms. The van der Waals surface area contributed by atoms with E-state index >= 15 is 0 Å². The van der Waals surface area contributed by atoms with Crippen LogP contribution in [0.2, 0.25) is 0 Å². The number of nitrogens with one attached hydrogen (secondary N) is 1. The van der Waals surface area contributed by atoms with Gasteiger partial charge in [0.05, 0.1) is 17.9 Å². The summed E-state index contributed by atoms with van der Waals surface area (Å²) >= 11 is 3.48. The Kier molecular flexibility index (Phi) is 4.53. The topological polar surface area (TPSA) is 31.9 Å². The predicted octanol–water partition coefficient (Wildman–Crippen LogP) is 5.33. The van der Waals surface area contributed by atoms with Crippen LogP contribution in [-0.4, -0.2) is 14.9 Å². The third kappa shape index (κ3) is 3.91. The predicted molar refractivity (Wildman–Crippen MR) is 106 cm³/mol. The standard InChI is InChI=1S/C21H18BrN3/c22-18-9-6-17(7-10-18)14-25-13-12-19-20(15-25)24-21(23-19)11-8-16-4-2-1-3-5-16/h1-13H,14-15H2,(H,23,24)/b11-8+. The summed E-state index contributed by atoms with van der Waals surface area (Å²) in [5, 5.41) is 0. The number of aromatic amines is 1. The van der Waals surface area contributed by atoms with Crippen molar-refractivity contribution in [2.24, 2.45) is 0 Å². The molecule has 4 rings (SSSR count). The Hall–Kier alpha value is -2.59. The Morgan fingerprint density at radius 2 is 1.84 bits per heavy atom. The third-order valence-electron chi connectivity index (χ3n) is 4.17. The van der Waals surface area contributed by atoms with Gasteiger partial charge in [0.15, 0.2) is 0 Å². The van der Waals surface area contributed by atoms with E-state index < -0.39 is 0 Å². The largest absolute Gasteiger partial charge is 0.367 e. The molecule has 25 heavy (non-hydrogen) atoms. The maximum absolute atomic E-state index is 4.66. The molecule has 0 fully saturated rings. The number of aromatic nitrogens is 2. The zero-order chi connectivity index (χ0) is 17.1. The Morgan fingerprint density at radius 1 is 1.04 bits per heavy atom. The van der Waals surface area contributed by atoms with Crippen molar-refractivity contribution in [2.45, 2.75) is 13.1 Å². The molecular formula is C21H18BrN3. The Labute approximate surface area is 155 Å². The summed E-state index contributed by atoms with van der Waals surface area (Å²) in [6.45, 7) is 1.73. The highest BCUT2D eigenvalue weighted by Crippen LogP contribution is 2.21. The SMILES string of the molecule is Brc1ccc(CN2C=Cc3nc(/C=C/c4ccccc4)[nH]c3C2)cc1. The molecule has 2 aromatic carbocycles. The Balaban J connectivity index is 1.45. The zero-order valence-electron chi connectivity index (χ0n) is 13.7. The van der Waals surface area contributed by atoms with Gasteiger partial charge in [-0.2, -0.15) is 0 Å². The molecule has 0 atom stereocenters. The van der Waals surface area contributed by atoms with Gasteiger partial charge in [0.2, 0.25) is 0 Å². The summed E-state index contributed by atoms with van der Waals surface area (Å²) < 4.78 is 1.11. The maximum Gasteiger partial charge on any atom is 0.130 e. The highest BCUT2D eigenvalue weighted by molar-refractivity contribution is 9.10. The van der Waals surface area contributed by atoms with E-state index in [1.54, 1.807) is 0 Å². The Bertz CT molecular complexity index is 908. The van der Waals surface area contributed by atoms with Crippen LogP contribution in [0.1, 0.15) is 28.3 Å². The molecule has 1 N–H and O–H groups in total. The minimum atomic E-state index is 0.841. The Morgan fingerprint density at radius 3 is 2.64 bits per heavy atom. The van der Waals surface area contributed by atoms with Crippen LogP contribution in [-0.2, 0) is 13.1 Å². The minimum Gasteiger partial charge on any atom is -0.367 e. The summed E-state index contributed by atoms with van der Waals surface area (Å²) in [4.78, 5) is 10.4. The first-order valence-corrected chi connectivity index (χ1v) is 9.04. The van der Waals surface area contributed by atoms with Gasteiger partial charge in [-0.25, -0.2) is 4.98 Å². The molecule has 0 unspecified atom stereocenters. The molecule has 0 amide bonds. The number of rotatable bonds is 4. The van der Waals surface area contributed by atoms with Gasteiger partial charge in [0, 0.05) is 17.2 Å². The van der Waals surface area contributed by atoms with Crippen LogP contribution < -0.4 is 0 Å². The summed E-state index contributed by atoms with van der Waals surface area (Å²) in [6.07, 6.45) is 8.30. The molecule has 0 saturated heterocycles. The van der Waals surface area contributed by atoms with Gasteiger partial charge in [0.25, 0.3) is 0 Å². The van der Waals surface area contributed by atoms with Crippen molar-refractivity contribution in [1.29, 1.82) is 0 Å². The van der Waals surface area contributed by atoms with Crippen molar-refractivity contribution in [3.63, 3.8) is 0 Å². The number of hydrogen-bond donors (Lipinski definition) is 1. The lowest BCUT2D eigenvalue weighted by atomic mass is 10.2. The van der Waals surface area contributed by atoms with Crippen molar-refractivity contribution in [2.75, 3.05) is 0 Å². The van der Waals surface area contributed by atoms with Gasteiger partial charge in [-0.05, 0) is 35.4 Å². The van der Waals surface area contributed by atoms with Gasteiger partial charge in [-0.15, -0.1) is 0 Å². The van der Waals surface area contributed by atoms with Crippen molar-refractivity contribution < 1.29 is 0 Å². The van der Waals surface area contributed by atoms with Crippen molar-refractivity contribution in [1.82, 2.24) is 14.9 Å². The average molecular weight is 392 g/mol. The van der Waals surface area contributed by atoms with Crippen LogP contribution in [0.3, 0.4) is 0 Å². The molecule has 0 aliphatic carbocycles. The number of hydrogen-bond acceptors (Lipinski definition) is 2. The van der Waals surface area contributed by atoms with Gasteiger partial charge >= 0.3 is 0 Å². The second-order valence-corrected chi connectivity index (χ2v) is 6.99. The van der Waals surface area contributed by atoms with E-state index in [-0.39, 0.29) is 0 Å². The summed E-state index contributed by atoms with van der Waals surface area (Å²) in [5.41, 5.74) is 4.65. The molecule has 0 bridgehead atoms. The quantitative estimate of drug-likeness (QED) is 0.651. The van der Waals surface area contributed by atoms with E-state index in [1.807, 2.05) is 24.3 Å². The first-order chi connectivity index (χ1) is 12.3. The lowest BCUT2D eigenvalue weighted by molar-refractivity contribution is 0.355. The first kappa shape index (κ1) is 15.9. The molecule has 0 spiro atoms. The summed E-state index contributed by atoms with van der Waals surface area (Å²) in [5.74, 6) is 0.893. The smallest absolute Gasteiger partial charge is 0.130 e. The van der Waals surface area contributed by atoms with Crippen LogP contribution in [0.25, 0.3) is 18.2 Å². The molecule has 0 saturated carbocycles. The molecule has 1 aliphatic heterocycles. The fraction of sp³-hybridized carbons (Fsp3) is 0.0952. The number of halogens is 1. The van der Waals surface area contributed by atoms with E-state index in [0.29, 0.717) is 0 Å². The van der Waals surface area contributed by atoms with Gasteiger partial charge in [-0.3, -0.25) is 0 Å². The number of H-pyrrole nitrogens is 1. The van der Waals surface area contributed by atoms with Crippen molar-refractivity contribution in [3.05, 3.63) is 93.6 Å². The van der Waals surface area contributed by atoms with Crippen LogP contribution in [0.5, 0.6) is 0 Å².